The Hall–Kier alpha value is -3.09. The summed E-state index contributed by atoms with van der Waals surface area (Å²) < 4.78 is 23.3. The van der Waals surface area contributed by atoms with E-state index in [1.165, 1.54) is 38.2 Å². The topological polar surface area (TPSA) is 67.9 Å². The molecule has 2 amide bonds. The second-order valence-electron chi connectivity index (χ2n) is 5.86. The summed E-state index contributed by atoms with van der Waals surface area (Å²) in [6, 6.07) is 11.0. The van der Waals surface area contributed by atoms with Gasteiger partial charge in [-0.25, -0.2) is 4.39 Å². The zero-order valence-corrected chi connectivity index (χ0v) is 15.6. The molecule has 0 aromatic heterocycles. The van der Waals surface area contributed by atoms with Crippen LogP contribution in [0.3, 0.4) is 0 Å². The van der Waals surface area contributed by atoms with Gasteiger partial charge in [-0.05, 0) is 29.8 Å². The van der Waals surface area contributed by atoms with Crippen LogP contribution in [0.15, 0.2) is 42.5 Å². The highest BCUT2D eigenvalue weighted by molar-refractivity contribution is 5.92. The first-order valence-corrected chi connectivity index (χ1v) is 8.46. The molecule has 0 aliphatic rings. The largest absolute Gasteiger partial charge is 0.493 e. The van der Waals surface area contributed by atoms with E-state index in [1.54, 1.807) is 30.3 Å². The number of rotatable bonds is 8. The number of halogens is 1. The third-order valence-electron chi connectivity index (χ3n) is 4.02. The first-order valence-electron chi connectivity index (χ1n) is 8.46. The first-order chi connectivity index (χ1) is 12.9. The van der Waals surface area contributed by atoms with Gasteiger partial charge in [-0.15, -0.1) is 0 Å². The molecule has 0 saturated carbocycles. The Labute approximate surface area is 157 Å². The summed E-state index contributed by atoms with van der Waals surface area (Å²) >= 11 is 0. The van der Waals surface area contributed by atoms with Crippen LogP contribution < -0.4 is 19.7 Å². The Bertz CT molecular complexity index is 793. The molecule has 2 rings (SSSR count). The zero-order valence-electron chi connectivity index (χ0n) is 15.6. The Morgan fingerprint density at radius 1 is 1.04 bits per heavy atom. The number of carbonyl (C=O) groups is 2. The lowest BCUT2D eigenvalue weighted by Crippen LogP contribution is -2.33. The summed E-state index contributed by atoms with van der Waals surface area (Å²) in [4.78, 5) is 25.6. The van der Waals surface area contributed by atoms with E-state index in [9.17, 15) is 14.0 Å². The highest BCUT2D eigenvalue weighted by Crippen LogP contribution is 2.31. The maximum Gasteiger partial charge on any atom is 0.223 e. The van der Waals surface area contributed by atoms with Gasteiger partial charge in [0.15, 0.2) is 11.5 Å². The second kappa shape index (κ2) is 9.56. The van der Waals surface area contributed by atoms with Gasteiger partial charge < -0.3 is 19.7 Å². The summed E-state index contributed by atoms with van der Waals surface area (Å²) in [6.07, 6.45) is 0.134. The number of benzene rings is 2. The number of hydrogen-bond donors (Lipinski definition) is 1. The number of nitrogens with zero attached hydrogens (tertiary/aromatic N) is 1. The van der Waals surface area contributed by atoms with Gasteiger partial charge in [-0.1, -0.05) is 12.1 Å². The molecule has 0 bridgehead atoms. The number of anilines is 1. The highest BCUT2D eigenvalue weighted by Gasteiger charge is 2.16. The summed E-state index contributed by atoms with van der Waals surface area (Å²) in [7, 11) is 3.05. The number of nitrogens with one attached hydrogen (secondary N) is 1. The monoisotopic (exact) mass is 374 g/mol. The number of amides is 2. The van der Waals surface area contributed by atoms with E-state index < -0.39 is 0 Å². The van der Waals surface area contributed by atoms with Crippen LogP contribution in [-0.2, 0) is 16.1 Å². The SMILES string of the molecule is COc1ccc(N(CCC(=O)NCc2ccc(F)cc2)C(C)=O)cc1OC. The molecule has 0 heterocycles. The van der Waals surface area contributed by atoms with E-state index in [4.69, 9.17) is 9.47 Å². The number of carbonyl (C=O) groups excluding carboxylic acids is 2. The van der Waals surface area contributed by atoms with Crippen molar-refractivity contribution in [2.45, 2.75) is 19.9 Å². The third-order valence-corrected chi connectivity index (χ3v) is 4.02. The van der Waals surface area contributed by atoms with Crippen molar-refractivity contribution in [3.63, 3.8) is 0 Å². The van der Waals surface area contributed by atoms with Crippen molar-refractivity contribution >= 4 is 17.5 Å². The van der Waals surface area contributed by atoms with Crippen LogP contribution in [0.25, 0.3) is 0 Å². The summed E-state index contributed by atoms with van der Waals surface area (Å²) in [5.74, 6) is 0.348. The van der Waals surface area contributed by atoms with Crippen LogP contribution in [0.1, 0.15) is 18.9 Å². The lowest BCUT2D eigenvalue weighted by atomic mass is 10.2. The standard InChI is InChI=1S/C20H23FN2O4/c1-14(24)23(17-8-9-18(26-2)19(12-17)27-3)11-10-20(25)22-13-15-4-6-16(21)7-5-15/h4-9,12H,10-11,13H2,1-3H3,(H,22,25). The number of ether oxygens (including phenoxy) is 2. The van der Waals surface area contributed by atoms with Gasteiger partial charge in [-0.2, -0.15) is 0 Å². The lowest BCUT2D eigenvalue weighted by molar-refractivity contribution is -0.121. The molecule has 0 spiro atoms. The molecule has 2 aromatic carbocycles. The molecule has 144 valence electrons. The first kappa shape index (κ1) is 20.2. The molecule has 0 unspecified atom stereocenters. The quantitative estimate of drug-likeness (QED) is 0.772. The van der Waals surface area contributed by atoms with Crippen LogP contribution in [0.2, 0.25) is 0 Å². The molecule has 27 heavy (non-hydrogen) atoms. The van der Waals surface area contributed by atoms with Gasteiger partial charge in [0.25, 0.3) is 0 Å². The molecule has 0 saturated heterocycles. The summed E-state index contributed by atoms with van der Waals surface area (Å²) in [5, 5.41) is 2.76. The lowest BCUT2D eigenvalue weighted by Gasteiger charge is -2.22. The van der Waals surface area contributed by atoms with Crippen LogP contribution in [0.4, 0.5) is 10.1 Å². The summed E-state index contributed by atoms with van der Waals surface area (Å²) in [5.41, 5.74) is 1.42. The van der Waals surface area contributed by atoms with Crippen LogP contribution in [0.5, 0.6) is 11.5 Å². The molecule has 0 fully saturated rings. The molecular weight excluding hydrogens is 351 g/mol. The van der Waals surface area contributed by atoms with Crippen molar-refractivity contribution in [1.29, 1.82) is 0 Å². The van der Waals surface area contributed by atoms with Crippen LogP contribution >= 0.6 is 0 Å². The minimum Gasteiger partial charge on any atom is -0.493 e. The molecule has 0 atom stereocenters. The van der Waals surface area contributed by atoms with Crippen molar-refractivity contribution in [3.8, 4) is 11.5 Å². The predicted molar refractivity (Wildman–Crippen MR) is 100 cm³/mol. The Morgan fingerprint density at radius 3 is 2.30 bits per heavy atom. The van der Waals surface area contributed by atoms with Gasteiger partial charge in [0, 0.05) is 38.2 Å². The normalized spacial score (nSPS) is 10.2. The van der Waals surface area contributed by atoms with E-state index in [1.807, 2.05) is 0 Å². The summed E-state index contributed by atoms with van der Waals surface area (Å²) in [6.45, 7) is 1.96. The van der Waals surface area contributed by atoms with Crippen LogP contribution in [0, 0.1) is 5.82 Å². The number of hydrogen-bond acceptors (Lipinski definition) is 4. The molecule has 0 aliphatic heterocycles. The van der Waals surface area contributed by atoms with Crippen LogP contribution in [-0.4, -0.2) is 32.6 Å². The molecular formula is C20H23FN2O4. The molecule has 6 nitrogen and oxygen atoms in total. The van der Waals surface area contributed by atoms with Crippen molar-refractivity contribution in [2.24, 2.45) is 0 Å². The number of methoxy groups -OCH3 is 2. The molecule has 1 N–H and O–H groups in total. The van der Waals surface area contributed by atoms with E-state index in [0.717, 1.165) is 5.56 Å². The molecule has 7 heteroatoms. The Balaban J connectivity index is 1.96. The Morgan fingerprint density at radius 2 is 1.70 bits per heavy atom. The van der Waals surface area contributed by atoms with Crippen molar-refractivity contribution in [1.82, 2.24) is 5.32 Å². The van der Waals surface area contributed by atoms with E-state index in [0.29, 0.717) is 23.7 Å². The maximum atomic E-state index is 12.9. The van der Waals surface area contributed by atoms with Gasteiger partial charge in [0.2, 0.25) is 11.8 Å². The second-order valence-corrected chi connectivity index (χ2v) is 5.86. The predicted octanol–water partition coefficient (Wildman–Crippen LogP) is 2.90. The average molecular weight is 374 g/mol. The third kappa shape index (κ3) is 5.70. The average Bonchev–Trinajstić information content (AvgIpc) is 2.67. The van der Waals surface area contributed by atoms with Gasteiger partial charge in [0.1, 0.15) is 5.82 Å². The fourth-order valence-corrected chi connectivity index (χ4v) is 2.57. The maximum absolute atomic E-state index is 12.9. The van der Waals surface area contributed by atoms with Gasteiger partial charge >= 0.3 is 0 Å². The Kier molecular flexibility index (Phi) is 7.16. The van der Waals surface area contributed by atoms with Gasteiger partial charge in [-0.3, -0.25) is 9.59 Å². The highest BCUT2D eigenvalue weighted by atomic mass is 19.1. The fourth-order valence-electron chi connectivity index (χ4n) is 2.57. The van der Waals surface area contributed by atoms with E-state index in [2.05, 4.69) is 5.32 Å². The van der Waals surface area contributed by atoms with E-state index in [-0.39, 0.29) is 30.6 Å². The fraction of sp³-hybridized carbons (Fsp3) is 0.300. The molecule has 2 aromatic rings. The van der Waals surface area contributed by atoms with Crippen molar-refractivity contribution in [3.05, 3.63) is 53.8 Å². The minimum atomic E-state index is -0.322. The van der Waals surface area contributed by atoms with Gasteiger partial charge in [0.05, 0.1) is 14.2 Å². The van der Waals surface area contributed by atoms with Crippen molar-refractivity contribution in [2.75, 3.05) is 25.7 Å². The smallest absolute Gasteiger partial charge is 0.223 e. The molecule has 0 aliphatic carbocycles. The molecule has 0 radical (unpaired) electrons. The minimum absolute atomic E-state index is 0.134. The zero-order chi connectivity index (χ0) is 19.8. The van der Waals surface area contributed by atoms with Crippen molar-refractivity contribution < 1.29 is 23.5 Å². The van der Waals surface area contributed by atoms with E-state index >= 15 is 0 Å².